The molecule has 0 atom stereocenters. The summed E-state index contributed by atoms with van der Waals surface area (Å²) in [6.45, 7) is 3.13. The molecule has 18 heavy (non-hydrogen) atoms. The average molecular weight is 287 g/mol. The number of hydrogen-bond donors (Lipinski definition) is 1. The molecule has 1 aromatic carbocycles. The van der Waals surface area contributed by atoms with Crippen LogP contribution in [0.5, 0.6) is 0 Å². The number of sulfonamides is 1. The van der Waals surface area contributed by atoms with Crippen molar-refractivity contribution in [2.24, 2.45) is 0 Å². The number of hydrogen-bond acceptors (Lipinski definition) is 4. The van der Waals surface area contributed by atoms with Gasteiger partial charge in [-0.1, -0.05) is 16.8 Å². The van der Waals surface area contributed by atoms with Crippen LogP contribution in [0.15, 0.2) is 33.7 Å². The predicted molar refractivity (Wildman–Crippen MR) is 68.2 cm³/mol. The molecular weight excluding hydrogens is 276 g/mol. The number of nitrogens with one attached hydrogen (secondary N) is 1. The van der Waals surface area contributed by atoms with Crippen LogP contribution >= 0.6 is 11.6 Å². The first kappa shape index (κ1) is 12.9. The minimum absolute atomic E-state index is 0.0671. The first-order valence-corrected chi connectivity index (χ1v) is 6.97. The van der Waals surface area contributed by atoms with Crippen LogP contribution in [0.2, 0.25) is 5.02 Å². The van der Waals surface area contributed by atoms with Crippen LogP contribution in [0.1, 0.15) is 11.5 Å². The van der Waals surface area contributed by atoms with Gasteiger partial charge in [-0.15, -0.1) is 0 Å². The van der Waals surface area contributed by atoms with Crippen molar-refractivity contribution in [3.63, 3.8) is 0 Å². The molecule has 0 saturated heterocycles. The Bertz CT molecular complexity index is 643. The van der Waals surface area contributed by atoms with Gasteiger partial charge in [-0.25, -0.2) is 8.42 Å². The van der Waals surface area contributed by atoms with Crippen LogP contribution in [0.25, 0.3) is 0 Å². The summed E-state index contributed by atoms with van der Waals surface area (Å²) >= 11 is 5.73. The van der Waals surface area contributed by atoms with Crippen molar-refractivity contribution in [3.05, 3.63) is 40.7 Å². The highest BCUT2D eigenvalue weighted by Gasteiger charge is 2.24. The Morgan fingerprint density at radius 1 is 1.22 bits per heavy atom. The third kappa shape index (κ3) is 2.49. The van der Waals surface area contributed by atoms with Gasteiger partial charge in [-0.3, -0.25) is 4.72 Å². The van der Waals surface area contributed by atoms with Gasteiger partial charge in [0.05, 0.1) is 0 Å². The van der Waals surface area contributed by atoms with Crippen LogP contribution in [0.3, 0.4) is 0 Å². The van der Waals surface area contributed by atoms with E-state index in [4.69, 9.17) is 16.1 Å². The lowest BCUT2D eigenvalue weighted by atomic mass is 10.3. The zero-order valence-corrected chi connectivity index (χ0v) is 11.3. The van der Waals surface area contributed by atoms with Crippen LogP contribution in [0.4, 0.5) is 5.69 Å². The molecule has 7 heteroatoms. The Kier molecular flexibility index (Phi) is 3.32. The van der Waals surface area contributed by atoms with Gasteiger partial charge in [-0.2, -0.15) is 0 Å². The van der Waals surface area contributed by atoms with Gasteiger partial charge in [0.25, 0.3) is 10.0 Å². The van der Waals surface area contributed by atoms with Gasteiger partial charge in [0.15, 0.2) is 10.7 Å². The molecule has 0 amide bonds. The number of aromatic nitrogens is 1. The first-order valence-electron chi connectivity index (χ1n) is 5.11. The first-order chi connectivity index (χ1) is 8.40. The maximum atomic E-state index is 12.1. The number of anilines is 1. The molecule has 0 aliphatic carbocycles. The SMILES string of the molecule is Cc1noc(C)c1S(=O)(=O)Nc1ccc(Cl)cc1. The van der Waals surface area contributed by atoms with E-state index in [-0.39, 0.29) is 10.7 Å². The van der Waals surface area contributed by atoms with Crippen molar-refractivity contribution < 1.29 is 12.9 Å². The van der Waals surface area contributed by atoms with Crippen molar-refractivity contribution >= 4 is 27.3 Å². The zero-order valence-electron chi connectivity index (χ0n) is 9.77. The molecule has 0 aliphatic heterocycles. The molecule has 1 heterocycles. The van der Waals surface area contributed by atoms with E-state index in [1.165, 1.54) is 0 Å². The van der Waals surface area contributed by atoms with Gasteiger partial charge in [0.1, 0.15) is 5.69 Å². The lowest BCUT2D eigenvalue weighted by molar-refractivity contribution is 0.390. The zero-order chi connectivity index (χ0) is 13.3. The molecule has 0 radical (unpaired) electrons. The lowest BCUT2D eigenvalue weighted by Crippen LogP contribution is -2.14. The third-order valence-corrected chi connectivity index (χ3v) is 4.21. The van der Waals surface area contributed by atoms with Gasteiger partial charge in [0, 0.05) is 10.7 Å². The fourth-order valence-electron chi connectivity index (χ4n) is 1.58. The largest absolute Gasteiger partial charge is 0.360 e. The van der Waals surface area contributed by atoms with Crippen LogP contribution < -0.4 is 4.72 Å². The summed E-state index contributed by atoms with van der Waals surface area (Å²) in [6, 6.07) is 6.37. The Hall–Kier alpha value is -1.53. The topological polar surface area (TPSA) is 72.2 Å². The van der Waals surface area contributed by atoms with E-state index in [0.717, 1.165) is 0 Å². The van der Waals surface area contributed by atoms with E-state index < -0.39 is 10.0 Å². The highest BCUT2D eigenvalue weighted by atomic mass is 35.5. The van der Waals surface area contributed by atoms with Gasteiger partial charge in [-0.05, 0) is 38.1 Å². The quantitative estimate of drug-likeness (QED) is 0.941. The highest BCUT2D eigenvalue weighted by Crippen LogP contribution is 2.23. The van der Waals surface area contributed by atoms with Gasteiger partial charge >= 0.3 is 0 Å². The predicted octanol–water partition coefficient (Wildman–Crippen LogP) is 2.75. The molecule has 0 saturated carbocycles. The molecule has 0 aliphatic rings. The summed E-state index contributed by atoms with van der Waals surface area (Å²) in [7, 11) is -3.69. The van der Waals surface area contributed by atoms with Crippen molar-refractivity contribution in [1.29, 1.82) is 0 Å². The molecule has 1 aromatic heterocycles. The van der Waals surface area contributed by atoms with Crippen LogP contribution in [-0.4, -0.2) is 13.6 Å². The standard InChI is InChI=1S/C11H11ClN2O3S/c1-7-11(8(2)17-13-7)18(15,16)14-10-5-3-9(12)4-6-10/h3-6,14H,1-2H3. The smallest absolute Gasteiger partial charge is 0.267 e. The van der Waals surface area contributed by atoms with E-state index in [0.29, 0.717) is 16.4 Å². The number of aryl methyl sites for hydroxylation is 2. The summed E-state index contributed by atoms with van der Waals surface area (Å²) in [5.41, 5.74) is 0.758. The van der Waals surface area contributed by atoms with E-state index in [9.17, 15) is 8.42 Å². The maximum absolute atomic E-state index is 12.1. The molecule has 1 N–H and O–H groups in total. The second kappa shape index (κ2) is 4.62. The van der Waals surface area contributed by atoms with Crippen molar-refractivity contribution in [1.82, 2.24) is 5.16 Å². The molecule has 0 unspecified atom stereocenters. The van der Waals surface area contributed by atoms with Gasteiger partial charge < -0.3 is 4.52 Å². The molecular formula is C11H11ClN2O3S. The minimum Gasteiger partial charge on any atom is -0.360 e. The summed E-state index contributed by atoms with van der Waals surface area (Å²) < 4.78 is 31.6. The Morgan fingerprint density at radius 2 is 1.83 bits per heavy atom. The summed E-state index contributed by atoms with van der Waals surface area (Å²) in [4.78, 5) is 0.0671. The number of rotatable bonds is 3. The number of halogens is 1. The van der Waals surface area contributed by atoms with E-state index in [1.54, 1.807) is 38.1 Å². The summed E-state index contributed by atoms with van der Waals surface area (Å²) in [5.74, 6) is 0.258. The fourth-order valence-corrected chi connectivity index (χ4v) is 3.10. The van der Waals surface area contributed by atoms with E-state index >= 15 is 0 Å². The molecule has 96 valence electrons. The number of nitrogens with zero attached hydrogens (tertiary/aromatic N) is 1. The Morgan fingerprint density at radius 3 is 2.33 bits per heavy atom. The second-order valence-electron chi connectivity index (χ2n) is 3.77. The average Bonchev–Trinajstić information content (AvgIpc) is 2.62. The van der Waals surface area contributed by atoms with E-state index in [2.05, 4.69) is 9.88 Å². The Labute approximate surface area is 110 Å². The summed E-state index contributed by atoms with van der Waals surface area (Å²) in [6.07, 6.45) is 0. The monoisotopic (exact) mass is 286 g/mol. The van der Waals surface area contributed by atoms with Crippen molar-refractivity contribution in [2.75, 3.05) is 4.72 Å². The molecule has 2 aromatic rings. The molecule has 5 nitrogen and oxygen atoms in total. The van der Waals surface area contributed by atoms with Crippen LogP contribution in [0, 0.1) is 13.8 Å². The van der Waals surface area contributed by atoms with E-state index in [1.807, 2.05) is 0 Å². The third-order valence-electron chi connectivity index (χ3n) is 2.33. The second-order valence-corrected chi connectivity index (χ2v) is 5.82. The number of benzene rings is 1. The molecule has 0 bridgehead atoms. The van der Waals surface area contributed by atoms with Crippen molar-refractivity contribution in [3.8, 4) is 0 Å². The van der Waals surface area contributed by atoms with Gasteiger partial charge in [0.2, 0.25) is 0 Å². The minimum atomic E-state index is -3.69. The highest BCUT2D eigenvalue weighted by molar-refractivity contribution is 7.92. The lowest BCUT2D eigenvalue weighted by Gasteiger charge is -2.07. The van der Waals surface area contributed by atoms with Crippen molar-refractivity contribution in [2.45, 2.75) is 18.7 Å². The van der Waals surface area contributed by atoms with Crippen LogP contribution in [-0.2, 0) is 10.0 Å². The molecule has 2 rings (SSSR count). The Balaban J connectivity index is 2.36. The fraction of sp³-hybridized carbons (Fsp3) is 0.182. The summed E-state index contributed by atoms with van der Waals surface area (Å²) in [5, 5.41) is 4.16. The maximum Gasteiger partial charge on any atom is 0.267 e. The molecule has 0 fully saturated rings. The molecule has 0 spiro atoms. The normalized spacial score (nSPS) is 11.5.